The number of halogens is 1. The summed E-state index contributed by atoms with van der Waals surface area (Å²) in [5.41, 5.74) is 6.11. The van der Waals surface area contributed by atoms with Gasteiger partial charge in [-0.3, -0.25) is 0 Å². The SMILES string of the molecule is CC(N)c1cccc(C2(F)CCOC2)c1. The number of ether oxygens (including phenoxy) is 1. The summed E-state index contributed by atoms with van der Waals surface area (Å²) in [6.45, 7) is 2.56. The molecule has 0 aliphatic carbocycles. The van der Waals surface area contributed by atoms with Crippen LogP contribution in [0.5, 0.6) is 0 Å². The summed E-state index contributed by atoms with van der Waals surface area (Å²) in [5, 5.41) is 0. The molecule has 2 N–H and O–H groups in total. The third-order valence-electron chi connectivity index (χ3n) is 2.90. The van der Waals surface area contributed by atoms with Crippen molar-refractivity contribution in [1.82, 2.24) is 0 Å². The van der Waals surface area contributed by atoms with E-state index in [4.69, 9.17) is 10.5 Å². The van der Waals surface area contributed by atoms with Crippen LogP contribution in [0.4, 0.5) is 4.39 Å². The quantitative estimate of drug-likeness (QED) is 0.811. The first kappa shape index (κ1) is 10.6. The van der Waals surface area contributed by atoms with E-state index in [1.807, 2.05) is 25.1 Å². The van der Waals surface area contributed by atoms with Crippen LogP contribution in [0, 0.1) is 0 Å². The molecule has 0 saturated carbocycles. The molecule has 1 aliphatic heterocycles. The van der Waals surface area contributed by atoms with Crippen molar-refractivity contribution in [1.29, 1.82) is 0 Å². The summed E-state index contributed by atoms with van der Waals surface area (Å²) in [6.07, 6.45) is 0.440. The molecule has 1 fully saturated rings. The van der Waals surface area contributed by atoms with E-state index in [1.54, 1.807) is 6.07 Å². The Labute approximate surface area is 89.2 Å². The zero-order valence-corrected chi connectivity index (χ0v) is 8.87. The summed E-state index contributed by atoms with van der Waals surface area (Å²) < 4.78 is 19.4. The third kappa shape index (κ3) is 2.03. The molecule has 0 spiro atoms. The van der Waals surface area contributed by atoms with Crippen LogP contribution in [0.1, 0.15) is 30.5 Å². The first-order valence-electron chi connectivity index (χ1n) is 5.24. The first-order chi connectivity index (χ1) is 7.12. The molecule has 0 radical (unpaired) electrons. The second-order valence-electron chi connectivity index (χ2n) is 4.18. The second kappa shape index (κ2) is 3.91. The standard InChI is InChI=1S/C12H16FNO/c1-9(14)10-3-2-4-11(7-10)12(13)5-6-15-8-12/h2-4,7,9H,5-6,8,14H2,1H3. The molecule has 2 nitrogen and oxygen atoms in total. The van der Waals surface area contributed by atoms with E-state index >= 15 is 0 Å². The van der Waals surface area contributed by atoms with Gasteiger partial charge in [0.1, 0.15) is 0 Å². The molecule has 82 valence electrons. The van der Waals surface area contributed by atoms with Crippen LogP contribution < -0.4 is 5.73 Å². The minimum absolute atomic E-state index is 0.0594. The molecule has 3 heteroatoms. The first-order valence-corrected chi connectivity index (χ1v) is 5.24. The lowest BCUT2D eigenvalue weighted by molar-refractivity contribution is 0.112. The fraction of sp³-hybridized carbons (Fsp3) is 0.500. The number of alkyl halides is 1. The highest BCUT2D eigenvalue weighted by Gasteiger charge is 2.36. The monoisotopic (exact) mass is 209 g/mol. The van der Waals surface area contributed by atoms with E-state index in [-0.39, 0.29) is 12.6 Å². The smallest absolute Gasteiger partial charge is 0.161 e. The topological polar surface area (TPSA) is 35.2 Å². The van der Waals surface area contributed by atoms with Crippen LogP contribution in [-0.2, 0) is 10.4 Å². The van der Waals surface area contributed by atoms with E-state index < -0.39 is 5.67 Å². The van der Waals surface area contributed by atoms with Crippen molar-refractivity contribution in [3.8, 4) is 0 Å². The predicted octanol–water partition coefficient (Wildman–Crippen LogP) is 2.29. The Hall–Kier alpha value is -0.930. The van der Waals surface area contributed by atoms with Crippen LogP contribution >= 0.6 is 0 Å². The number of nitrogens with two attached hydrogens (primary N) is 1. The zero-order chi connectivity index (χ0) is 10.9. The third-order valence-corrected chi connectivity index (χ3v) is 2.90. The number of rotatable bonds is 2. The molecule has 0 amide bonds. The van der Waals surface area contributed by atoms with Crippen molar-refractivity contribution in [2.24, 2.45) is 5.73 Å². The van der Waals surface area contributed by atoms with Gasteiger partial charge in [-0.2, -0.15) is 0 Å². The van der Waals surface area contributed by atoms with Crippen LogP contribution in [0.25, 0.3) is 0 Å². The Morgan fingerprint density at radius 1 is 1.53 bits per heavy atom. The van der Waals surface area contributed by atoms with Crippen LogP contribution in [0.15, 0.2) is 24.3 Å². The van der Waals surface area contributed by atoms with Gasteiger partial charge in [0.15, 0.2) is 5.67 Å². The van der Waals surface area contributed by atoms with Crippen LogP contribution in [-0.4, -0.2) is 13.2 Å². The van der Waals surface area contributed by atoms with E-state index in [1.165, 1.54) is 0 Å². The molecule has 1 aliphatic rings. The van der Waals surface area contributed by atoms with Gasteiger partial charge >= 0.3 is 0 Å². The van der Waals surface area contributed by atoms with Crippen molar-refractivity contribution in [3.63, 3.8) is 0 Å². The second-order valence-corrected chi connectivity index (χ2v) is 4.18. The lowest BCUT2D eigenvalue weighted by Crippen LogP contribution is -2.20. The van der Waals surface area contributed by atoms with Crippen molar-refractivity contribution < 1.29 is 9.13 Å². The Kier molecular flexibility index (Phi) is 2.76. The molecule has 1 saturated heterocycles. The van der Waals surface area contributed by atoms with Crippen LogP contribution in [0.2, 0.25) is 0 Å². The molecule has 2 atom stereocenters. The van der Waals surface area contributed by atoms with Crippen molar-refractivity contribution >= 4 is 0 Å². The van der Waals surface area contributed by atoms with Gasteiger partial charge in [0.2, 0.25) is 0 Å². The molecular formula is C12H16FNO. The predicted molar refractivity (Wildman–Crippen MR) is 57.3 cm³/mol. The molecular weight excluding hydrogens is 193 g/mol. The minimum Gasteiger partial charge on any atom is -0.378 e. The summed E-state index contributed by atoms with van der Waals surface area (Å²) in [4.78, 5) is 0. The lowest BCUT2D eigenvalue weighted by atomic mass is 9.92. The highest BCUT2D eigenvalue weighted by Crippen LogP contribution is 2.35. The largest absolute Gasteiger partial charge is 0.378 e. The Morgan fingerprint density at radius 2 is 2.33 bits per heavy atom. The molecule has 2 rings (SSSR count). The molecule has 1 heterocycles. The average Bonchev–Trinajstić information content (AvgIpc) is 2.67. The lowest BCUT2D eigenvalue weighted by Gasteiger charge is -2.19. The van der Waals surface area contributed by atoms with Crippen molar-refractivity contribution in [2.75, 3.05) is 13.2 Å². The normalized spacial score (nSPS) is 27.9. The van der Waals surface area contributed by atoms with E-state index in [9.17, 15) is 4.39 Å². The summed E-state index contributed by atoms with van der Waals surface area (Å²) in [7, 11) is 0. The number of hydrogen-bond acceptors (Lipinski definition) is 2. The van der Waals surface area contributed by atoms with Crippen molar-refractivity contribution in [3.05, 3.63) is 35.4 Å². The van der Waals surface area contributed by atoms with E-state index in [2.05, 4.69) is 0 Å². The molecule has 0 aromatic heterocycles. The molecule has 15 heavy (non-hydrogen) atoms. The number of benzene rings is 1. The molecule has 1 aromatic carbocycles. The summed E-state index contributed by atoms with van der Waals surface area (Å²) >= 11 is 0. The van der Waals surface area contributed by atoms with E-state index in [0.29, 0.717) is 18.6 Å². The Balaban J connectivity index is 2.31. The van der Waals surface area contributed by atoms with Gasteiger partial charge in [-0.25, -0.2) is 4.39 Å². The fourth-order valence-corrected chi connectivity index (χ4v) is 1.87. The Morgan fingerprint density at radius 3 is 2.93 bits per heavy atom. The van der Waals surface area contributed by atoms with Gasteiger partial charge in [-0.15, -0.1) is 0 Å². The highest BCUT2D eigenvalue weighted by molar-refractivity contribution is 5.30. The summed E-state index contributed by atoms with van der Waals surface area (Å²) in [6, 6.07) is 7.37. The molecule has 1 aromatic rings. The fourth-order valence-electron chi connectivity index (χ4n) is 1.87. The minimum atomic E-state index is -1.31. The van der Waals surface area contributed by atoms with Gasteiger partial charge in [0, 0.05) is 12.5 Å². The van der Waals surface area contributed by atoms with Crippen molar-refractivity contribution in [2.45, 2.75) is 25.1 Å². The maximum absolute atomic E-state index is 14.3. The molecule has 0 bridgehead atoms. The Bertz CT molecular complexity index is 345. The highest BCUT2D eigenvalue weighted by atomic mass is 19.1. The number of hydrogen-bond donors (Lipinski definition) is 1. The van der Waals surface area contributed by atoms with E-state index in [0.717, 1.165) is 5.56 Å². The maximum atomic E-state index is 14.3. The average molecular weight is 209 g/mol. The van der Waals surface area contributed by atoms with Gasteiger partial charge in [0.05, 0.1) is 13.2 Å². The van der Waals surface area contributed by atoms with Gasteiger partial charge in [0.25, 0.3) is 0 Å². The zero-order valence-electron chi connectivity index (χ0n) is 8.87. The van der Waals surface area contributed by atoms with Gasteiger partial charge < -0.3 is 10.5 Å². The van der Waals surface area contributed by atoms with Crippen LogP contribution in [0.3, 0.4) is 0 Å². The maximum Gasteiger partial charge on any atom is 0.161 e. The van der Waals surface area contributed by atoms with Gasteiger partial charge in [-0.05, 0) is 18.1 Å². The molecule has 2 unspecified atom stereocenters. The summed E-state index contributed by atoms with van der Waals surface area (Å²) in [5.74, 6) is 0. The van der Waals surface area contributed by atoms with Gasteiger partial charge in [-0.1, -0.05) is 24.3 Å².